The third-order valence-electron chi connectivity index (χ3n) is 5.02. The van der Waals surface area contributed by atoms with Crippen molar-refractivity contribution in [2.24, 2.45) is 10.7 Å². The Morgan fingerprint density at radius 3 is 2.60 bits per heavy atom. The van der Waals surface area contributed by atoms with Crippen LogP contribution in [0.15, 0.2) is 47.5 Å². The minimum atomic E-state index is 0. The molecular formula is C22H31IN4O3. The molecule has 3 rings (SSSR count). The smallest absolute Gasteiger partial charge is 0.193 e. The van der Waals surface area contributed by atoms with E-state index in [9.17, 15) is 0 Å². The zero-order valence-electron chi connectivity index (χ0n) is 17.8. The first kappa shape index (κ1) is 24.2. The first-order valence-electron chi connectivity index (χ1n) is 9.78. The number of hydrogen-bond donors (Lipinski definition) is 2. The van der Waals surface area contributed by atoms with Gasteiger partial charge in [-0.05, 0) is 24.6 Å². The summed E-state index contributed by atoms with van der Waals surface area (Å²) in [7, 11) is 3.24. The Kier molecular flexibility index (Phi) is 9.67. The van der Waals surface area contributed by atoms with Gasteiger partial charge in [-0.1, -0.05) is 29.8 Å². The monoisotopic (exact) mass is 526 g/mol. The molecule has 8 heteroatoms. The Balaban J connectivity index is 0.00000320. The van der Waals surface area contributed by atoms with Crippen molar-refractivity contribution in [3.63, 3.8) is 0 Å². The number of guanidine groups is 1. The number of nitrogens with zero attached hydrogens (tertiary/aromatic N) is 2. The van der Waals surface area contributed by atoms with Gasteiger partial charge in [0.05, 0.1) is 45.7 Å². The van der Waals surface area contributed by atoms with Crippen molar-refractivity contribution in [1.82, 2.24) is 4.90 Å². The predicted octanol–water partition coefficient (Wildman–Crippen LogP) is 3.43. The molecule has 2 aromatic rings. The standard InChI is InChI=1S/C22H30N4O3.HI/c1-16-5-4-6-17(13-16)20(26-9-11-29-12-10-26)15-24-22(23)25-19-14-18(27-2)7-8-21(19)28-3;/h4-8,13-14,20H,9-12,15H2,1-3H3,(H3,23,24,25);1H. The highest BCUT2D eigenvalue weighted by molar-refractivity contribution is 14.0. The minimum absolute atomic E-state index is 0. The highest BCUT2D eigenvalue weighted by Crippen LogP contribution is 2.29. The lowest BCUT2D eigenvalue weighted by molar-refractivity contribution is 0.0180. The van der Waals surface area contributed by atoms with E-state index >= 15 is 0 Å². The van der Waals surface area contributed by atoms with E-state index in [-0.39, 0.29) is 30.0 Å². The predicted molar refractivity (Wildman–Crippen MR) is 131 cm³/mol. The van der Waals surface area contributed by atoms with Gasteiger partial charge in [0.1, 0.15) is 11.5 Å². The summed E-state index contributed by atoms with van der Waals surface area (Å²) in [5, 5.41) is 3.14. The molecule has 0 aliphatic carbocycles. The number of nitrogens with two attached hydrogens (primary N) is 1. The molecular weight excluding hydrogens is 495 g/mol. The summed E-state index contributed by atoms with van der Waals surface area (Å²) in [5.74, 6) is 1.72. The average Bonchev–Trinajstić information content (AvgIpc) is 2.74. The second kappa shape index (κ2) is 12.0. The van der Waals surface area contributed by atoms with Crippen LogP contribution in [0.25, 0.3) is 0 Å². The Bertz CT molecular complexity index is 841. The maximum Gasteiger partial charge on any atom is 0.193 e. The molecule has 3 N–H and O–H groups in total. The molecule has 164 valence electrons. The highest BCUT2D eigenvalue weighted by atomic mass is 127. The Labute approximate surface area is 195 Å². The largest absolute Gasteiger partial charge is 0.497 e. The number of methoxy groups -OCH3 is 2. The van der Waals surface area contributed by atoms with E-state index in [0.717, 1.165) is 26.3 Å². The molecule has 0 radical (unpaired) electrons. The molecule has 1 fully saturated rings. The van der Waals surface area contributed by atoms with Crippen LogP contribution in [0.1, 0.15) is 17.2 Å². The summed E-state index contributed by atoms with van der Waals surface area (Å²) in [6, 6.07) is 14.2. The average molecular weight is 526 g/mol. The molecule has 7 nitrogen and oxygen atoms in total. The SMILES string of the molecule is COc1ccc(OC)c(NC(N)=NCC(c2cccc(C)c2)N2CCOCC2)c1.I. The van der Waals surface area contributed by atoms with E-state index in [4.69, 9.17) is 19.9 Å². The molecule has 0 bridgehead atoms. The summed E-state index contributed by atoms with van der Waals surface area (Å²) in [6.45, 7) is 5.89. The van der Waals surface area contributed by atoms with Crippen molar-refractivity contribution >= 4 is 35.6 Å². The molecule has 1 heterocycles. The molecule has 1 unspecified atom stereocenters. The number of hydrogen-bond acceptors (Lipinski definition) is 5. The van der Waals surface area contributed by atoms with Crippen LogP contribution in [0.3, 0.4) is 0 Å². The third-order valence-corrected chi connectivity index (χ3v) is 5.02. The number of halogens is 1. The lowest BCUT2D eigenvalue weighted by atomic mass is 10.0. The van der Waals surface area contributed by atoms with Gasteiger partial charge in [0.25, 0.3) is 0 Å². The van der Waals surface area contributed by atoms with Gasteiger partial charge >= 0.3 is 0 Å². The van der Waals surface area contributed by atoms with Crippen molar-refractivity contribution in [3.8, 4) is 11.5 Å². The van der Waals surface area contributed by atoms with Gasteiger partial charge in [0, 0.05) is 19.2 Å². The maximum absolute atomic E-state index is 6.21. The van der Waals surface area contributed by atoms with Gasteiger partial charge in [-0.25, -0.2) is 0 Å². The summed E-state index contributed by atoms with van der Waals surface area (Å²) >= 11 is 0. The molecule has 0 aromatic heterocycles. The summed E-state index contributed by atoms with van der Waals surface area (Å²) in [4.78, 5) is 7.04. The van der Waals surface area contributed by atoms with Crippen molar-refractivity contribution in [1.29, 1.82) is 0 Å². The van der Waals surface area contributed by atoms with E-state index in [1.165, 1.54) is 11.1 Å². The number of morpholine rings is 1. The lowest BCUT2D eigenvalue weighted by Gasteiger charge is -2.34. The number of aliphatic imine (C=N–C) groups is 1. The first-order chi connectivity index (χ1) is 14.1. The number of ether oxygens (including phenoxy) is 3. The second-order valence-corrected chi connectivity index (χ2v) is 7.00. The van der Waals surface area contributed by atoms with Crippen LogP contribution in [0.5, 0.6) is 11.5 Å². The van der Waals surface area contributed by atoms with Crippen molar-refractivity contribution in [2.45, 2.75) is 13.0 Å². The van der Waals surface area contributed by atoms with Crippen LogP contribution in [0.2, 0.25) is 0 Å². The van der Waals surface area contributed by atoms with Gasteiger partial charge < -0.3 is 25.3 Å². The van der Waals surface area contributed by atoms with Crippen LogP contribution < -0.4 is 20.5 Å². The van der Waals surface area contributed by atoms with Gasteiger partial charge in [-0.15, -0.1) is 24.0 Å². The lowest BCUT2D eigenvalue weighted by Crippen LogP contribution is -2.40. The Morgan fingerprint density at radius 2 is 1.93 bits per heavy atom. The van der Waals surface area contributed by atoms with Gasteiger partial charge in [-0.2, -0.15) is 0 Å². The number of aryl methyl sites for hydroxylation is 1. The molecule has 0 amide bonds. The molecule has 2 aromatic carbocycles. The van der Waals surface area contributed by atoms with E-state index in [1.54, 1.807) is 14.2 Å². The van der Waals surface area contributed by atoms with Crippen LogP contribution in [0.4, 0.5) is 5.69 Å². The Hall–Kier alpha value is -2.04. The fourth-order valence-corrected chi connectivity index (χ4v) is 3.47. The molecule has 1 aliphatic heterocycles. The number of benzene rings is 2. The molecule has 1 aliphatic rings. The first-order valence-corrected chi connectivity index (χ1v) is 9.78. The van der Waals surface area contributed by atoms with E-state index < -0.39 is 0 Å². The molecule has 30 heavy (non-hydrogen) atoms. The normalized spacial score (nSPS) is 15.8. The van der Waals surface area contributed by atoms with Crippen molar-refractivity contribution in [3.05, 3.63) is 53.6 Å². The minimum Gasteiger partial charge on any atom is -0.497 e. The van der Waals surface area contributed by atoms with Crippen LogP contribution in [-0.2, 0) is 4.74 Å². The van der Waals surface area contributed by atoms with Gasteiger partial charge in [0.2, 0.25) is 0 Å². The molecule has 0 saturated carbocycles. The molecule has 1 atom stereocenters. The van der Waals surface area contributed by atoms with E-state index in [1.807, 2.05) is 18.2 Å². The van der Waals surface area contributed by atoms with E-state index in [2.05, 4.69) is 46.4 Å². The number of rotatable bonds is 7. The zero-order valence-corrected chi connectivity index (χ0v) is 20.1. The summed E-state index contributed by atoms with van der Waals surface area (Å²) in [5.41, 5.74) is 9.39. The topological polar surface area (TPSA) is 81.3 Å². The number of nitrogens with one attached hydrogen (secondary N) is 1. The third kappa shape index (κ3) is 6.48. The molecule has 0 spiro atoms. The van der Waals surface area contributed by atoms with Crippen LogP contribution >= 0.6 is 24.0 Å². The summed E-state index contributed by atoms with van der Waals surface area (Å²) < 4.78 is 16.2. The fourth-order valence-electron chi connectivity index (χ4n) is 3.47. The van der Waals surface area contributed by atoms with Gasteiger partial charge in [-0.3, -0.25) is 9.89 Å². The number of anilines is 1. The van der Waals surface area contributed by atoms with E-state index in [0.29, 0.717) is 29.7 Å². The highest BCUT2D eigenvalue weighted by Gasteiger charge is 2.22. The van der Waals surface area contributed by atoms with Crippen LogP contribution in [-0.4, -0.2) is 57.9 Å². The fraction of sp³-hybridized carbons (Fsp3) is 0.409. The van der Waals surface area contributed by atoms with Gasteiger partial charge in [0.15, 0.2) is 5.96 Å². The second-order valence-electron chi connectivity index (χ2n) is 7.00. The summed E-state index contributed by atoms with van der Waals surface area (Å²) in [6.07, 6.45) is 0. The van der Waals surface area contributed by atoms with Crippen molar-refractivity contribution in [2.75, 3.05) is 52.4 Å². The quantitative estimate of drug-likeness (QED) is 0.327. The Morgan fingerprint density at radius 1 is 1.17 bits per heavy atom. The van der Waals surface area contributed by atoms with Crippen molar-refractivity contribution < 1.29 is 14.2 Å². The maximum atomic E-state index is 6.21. The zero-order chi connectivity index (χ0) is 20.6. The molecule has 1 saturated heterocycles. The van der Waals surface area contributed by atoms with Crippen LogP contribution in [0, 0.1) is 6.92 Å².